The summed E-state index contributed by atoms with van der Waals surface area (Å²) >= 11 is 0. The van der Waals surface area contributed by atoms with E-state index in [1.807, 2.05) is 0 Å². The second kappa shape index (κ2) is 5.61. The molecule has 0 N–H and O–H groups in total. The van der Waals surface area contributed by atoms with E-state index in [0.29, 0.717) is 0 Å². The lowest BCUT2D eigenvalue weighted by Crippen LogP contribution is -2.12. The third kappa shape index (κ3) is 2.22. The van der Waals surface area contributed by atoms with Crippen LogP contribution in [0.4, 0.5) is 0 Å². The molecule has 0 spiro atoms. The van der Waals surface area contributed by atoms with Gasteiger partial charge < -0.3 is 4.40 Å². The van der Waals surface area contributed by atoms with Crippen LogP contribution in [0.5, 0.6) is 0 Å². The molecule has 6 aromatic rings. The largest absolute Gasteiger partial charge is 0.308 e. The van der Waals surface area contributed by atoms with Crippen molar-refractivity contribution in [3.63, 3.8) is 0 Å². The number of rotatable bonds is 1. The summed E-state index contributed by atoms with van der Waals surface area (Å²) in [4.78, 5) is 0. The van der Waals surface area contributed by atoms with Crippen molar-refractivity contribution in [1.82, 2.24) is 4.40 Å². The number of para-hydroxylation sites is 2. The number of aromatic nitrogens is 1. The number of fused-ring (bicyclic) bond motifs is 6. The zero-order valence-corrected chi connectivity index (χ0v) is 17.0. The molecule has 1 heteroatoms. The molecule has 1 nitrogen and oxygen atoms in total. The van der Waals surface area contributed by atoms with Crippen molar-refractivity contribution in [3.05, 3.63) is 90.5 Å². The van der Waals surface area contributed by atoms with Crippen molar-refractivity contribution in [1.29, 1.82) is 0 Å². The number of nitrogens with zero attached hydrogens (tertiary/aromatic N) is 1. The van der Waals surface area contributed by atoms with Crippen LogP contribution in [0.3, 0.4) is 0 Å². The van der Waals surface area contributed by atoms with Crippen LogP contribution >= 0.6 is 0 Å². The highest BCUT2D eigenvalue weighted by molar-refractivity contribution is 6.24. The molecule has 0 atom stereocenters. The number of hydrogen-bond acceptors (Lipinski definition) is 0. The van der Waals surface area contributed by atoms with Gasteiger partial charge in [-0.1, -0.05) is 81.4 Å². The van der Waals surface area contributed by atoms with E-state index in [0.717, 1.165) is 0 Å². The summed E-state index contributed by atoms with van der Waals surface area (Å²) in [6, 6.07) is 31.2. The first-order valence-electron chi connectivity index (χ1n) is 10.3. The first-order valence-corrected chi connectivity index (χ1v) is 10.3. The fourth-order valence-corrected chi connectivity index (χ4v) is 4.99. The fraction of sp³-hybridized carbons (Fsp3) is 0.143. The van der Waals surface area contributed by atoms with Gasteiger partial charge in [0, 0.05) is 21.5 Å². The molecule has 6 rings (SSSR count). The van der Waals surface area contributed by atoms with Crippen LogP contribution in [-0.4, -0.2) is 4.40 Å². The lowest BCUT2D eigenvalue weighted by Gasteiger charge is -2.23. The molecule has 29 heavy (non-hydrogen) atoms. The van der Waals surface area contributed by atoms with E-state index < -0.39 is 0 Å². The van der Waals surface area contributed by atoms with Crippen LogP contribution in [-0.2, 0) is 5.41 Å². The highest BCUT2D eigenvalue weighted by atomic mass is 14.9. The maximum absolute atomic E-state index is 2.44. The Labute approximate surface area is 170 Å². The van der Waals surface area contributed by atoms with E-state index in [4.69, 9.17) is 0 Å². The Kier molecular flexibility index (Phi) is 3.21. The van der Waals surface area contributed by atoms with Crippen LogP contribution in [0.25, 0.3) is 49.2 Å². The van der Waals surface area contributed by atoms with Crippen molar-refractivity contribution in [2.45, 2.75) is 26.2 Å². The Balaban J connectivity index is 1.83. The maximum Gasteiger partial charge on any atom is 0.0620 e. The summed E-state index contributed by atoms with van der Waals surface area (Å²) in [5, 5.41) is 5.34. The van der Waals surface area contributed by atoms with E-state index in [2.05, 4.69) is 110 Å². The summed E-state index contributed by atoms with van der Waals surface area (Å²) in [5.41, 5.74) is 8.03. The standard InChI is InChI=1S/C28H23N/c1-28(2,3)24-13-7-4-10-19(24)18-16-22-20-11-5-8-14-25(20)29-26-15-9-6-12-21(26)23(17-18)27(22)29/h4-17H,1-3H3. The molecule has 0 aliphatic heterocycles. The van der Waals surface area contributed by atoms with Gasteiger partial charge in [0.15, 0.2) is 0 Å². The molecule has 0 aliphatic carbocycles. The molecular formula is C28H23N. The minimum atomic E-state index is 0.0950. The van der Waals surface area contributed by atoms with Crippen LogP contribution in [0, 0.1) is 0 Å². The second-order valence-corrected chi connectivity index (χ2v) is 9.09. The van der Waals surface area contributed by atoms with Crippen molar-refractivity contribution in [3.8, 4) is 11.1 Å². The normalized spacial score (nSPS) is 12.7. The van der Waals surface area contributed by atoms with E-state index in [1.165, 1.54) is 54.8 Å². The molecule has 4 aromatic carbocycles. The highest BCUT2D eigenvalue weighted by Crippen LogP contribution is 2.42. The first-order chi connectivity index (χ1) is 14.0. The molecule has 0 unspecified atom stereocenters. The van der Waals surface area contributed by atoms with Gasteiger partial charge in [0.25, 0.3) is 0 Å². The van der Waals surface area contributed by atoms with Gasteiger partial charge in [0.05, 0.1) is 16.6 Å². The third-order valence-corrected chi connectivity index (χ3v) is 6.25. The molecule has 0 saturated heterocycles. The van der Waals surface area contributed by atoms with Gasteiger partial charge in [0.2, 0.25) is 0 Å². The van der Waals surface area contributed by atoms with Crippen LogP contribution in [0.2, 0.25) is 0 Å². The van der Waals surface area contributed by atoms with Gasteiger partial charge in [-0.2, -0.15) is 0 Å². The molecule has 140 valence electrons. The average Bonchev–Trinajstić information content (AvgIpc) is 3.24. The minimum absolute atomic E-state index is 0.0950. The molecule has 0 aliphatic rings. The fourth-order valence-electron chi connectivity index (χ4n) is 4.99. The topological polar surface area (TPSA) is 4.41 Å². The molecule has 0 radical (unpaired) electrons. The Morgan fingerprint density at radius 2 is 1.10 bits per heavy atom. The SMILES string of the molecule is CC(C)(C)c1ccccc1-c1cc2c3ccccc3n3c4ccccc4c(c1)c23. The Morgan fingerprint density at radius 1 is 0.586 bits per heavy atom. The van der Waals surface area contributed by atoms with Gasteiger partial charge in [-0.15, -0.1) is 0 Å². The lowest BCUT2D eigenvalue weighted by atomic mass is 9.81. The molecule has 0 amide bonds. The van der Waals surface area contributed by atoms with E-state index >= 15 is 0 Å². The Hall–Kier alpha value is -3.32. The summed E-state index contributed by atoms with van der Waals surface area (Å²) < 4.78 is 2.44. The van der Waals surface area contributed by atoms with E-state index in [1.54, 1.807) is 0 Å². The summed E-state index contributed by atoms with van der Waals surface area (Å²) in [6.07, 6.45) is 0. The number of hydrogen-bond donors (Lipinski definition) is 0. The zero-order chi connectivity index (χ0) is 19.8. The predicted octanol–water partition coefficient (Wildman–Crippen LogP) is 7.80. The monoisotopic (exact) mass is 373 g/mol. The minimum Gasteiger partial charge on any atom is -0.308 e. The van der Waals surface area contributed by atoms with Crippen LogP contribution < -0.4 is 0 Å². The Morgan fingerprint density at radius 3 is 1.69 bits per heavy atom. The van der Waals surface area contributed by atoms with Gasteiger partial charge in [-0.25, -0.2) is 0 Å². The average molecular weight is 373 g/mol. The van der Waals surface area contributed by atoms with Crippen molar-refractivity contribution >= 4 is 38.1 Å². The molecule has 0 saturated carbocycles. The predicted molar refractivity (Wildman–Crippen MR) is 125 cm³/mol. The van der Waals surface area contributed by atoms with Crippen LogP contribution in [0.1, 0.15) is 26.3 Å². The third-order valence-electron chi connectivity index (χ3n) is 6.25. The maximum atomic E-state index is 2.44. The van der Waals surface area contributed by atoms with Crippen molar-refractivity contribution in [2.24, 2.45) is 0 Å². The quantitative estimate of drug-likeness (QED) is 0.277. The van der Waals surface area contributed by atoms with Crippen LogP contribution in [0.15, 0.2) is 84.9 Å². The molecule has 0 bridgehead atoms. The lowest BCUT2D eigenvalue weighted by molar-refractivity contribution is 0.592. The summed E-state index contributed by atoms with van der Waals surface area (Å²) in [7, 11) is 0. The van der Waals surface area contributed by atoms with E-state index in [9.17, 15) is 0 Å². The second-order valence-electron chi connectivity index (χ2n) is 9.09. The molecule has 2 heterocycles. The van der Waals surface area contributed by atoms with Gasteiger partial charge in [-0.3, -0.25) is 0 Å². The zero-order valence-electron chi connectivity index (χ0n) is 17.0. The van der Waals surface area contributed by atoms with Gasteiger partial charge in [0.1, 0.15) is 0 Å². The van der Waals surface area contributed by atoms with E-state index in [-0.39, 0.29) is 5.41 Å². The van der Waals surface area contributed by atoms with Gasteiger partial charge >= 0.3 is 0 Å². The van der Waals surface area contributed by atoms with Crippen molar-refractivity contribution in [2.75, 3.05) is 0 Å². The summed E-state index contributed by atoms with van der Waals surface area (Å²) in [6.45, 7) is 6.89. The molecule has 2 aromatic heterocycles. The van der Waals surface area contributed by atoms with Gasteiger partial charge in [-0.05, 0) is 46.4 Å². The Bertz CT molecular complexity index is 1440. The molecular weight excluding hydrogens is 350 g/mol. The van der Waals surface area contributed by atoms with Crippen molar-refractivity contribution < 1.29 is 0 Å². The first kappa shape index (κ1) is 16.6. The summed E-state index contributed by atoms with van der Waals surface area (Å²) in [5.74, 6) is 0. The smallest absolute Gasteiger partial charge is 0.0620 e. The number of benzene rings is 4. The molecule has 0 fully saturated rings. The highest BCUT2D eigenvalue weighted by Gasteiger charge is 2.21.